The maximum Gasteiger partial charge on any atom is 0.280 e. The zero-order valence-corrected chi connectivity index (χ0v) is 22.4. The summed E-state index contributed by atoms with van der Waals surface area (Å²) < 4.78 is 3.54. The predicted molar refractivity (Wildman–Crippen MR) is 151 cm³/mol. The predicted octanol–water partition coefficient (Wildman–Crippen LogP) is 6.49. The molecule has 194 valence electrons. The van der Waals surface area contributed by atoms with Gasteiger partial charge in [-0.25, -0.2) is 9.36 Å². The summed E-state index contributed by atoms with van der Waals surface area (Å²) in [6.45, 7) is 5.89. The van der Waals surface area contributed by atoms with E-state index >= 15 is 0 Å². The SMILES string of the molecule is Cc1nn(-c2ccccc2)c(C)c1N=Cc1c(C)[nH]n(-c2ccc(C34CC5CC(CC(C5)C3)C4)cc2)c1=O. The van der Waals surface area contributed by atoms with E-state index in [1.165, 1.54) is 44.1 Å². The number of aromatic amines is 1. The van der Waals surface area contributed by atoms with E-state index in [4.69, 9.17) is 4.99 Å². The largest absolute Gasteiger partial charge is 0.295 e. The van der Waals surface area contributed by atoms with E-state index in [1.54, 1.807) is 10.9 Å². The summed E-state index contributed by atoms with van der Waals surface area (Å²) in [6.07, 6.45) is 10.1. The lowest BCUT2D eigenvalue weighted by Crippen LogP contribution is -2.48. The summed E-state index contributed by atoms with van der Waals surface area (Å²) in [7, 11) is 0. The Hall–Kier alpha value is -3.67. The van der Waals surface area contributed by atoms with E-state index in [2.05, 4.69) is 34.5 Å². The number of nitrogens with zero attached hydrogens (tertiary/aromatic N) is 4. The molecule has 4 aromatic rings. The van der Waals surface area contributed by atoms with Crippen molar-refractivity contribution in [1.29, 1.82) is 0 Å². The number of para-hydroxylation sites is 1. The summed E-state index contributed by atoms with van der Waals surface area (Å²) in [5.41, 5.74) is 7.55. The van der Waals surface area contributed by atoms with Gasteiger partial charge in [0.05, 0.1) is 28.3 Å². The molecule has 4 saturated carbocycles. The molecule has 2 heterocycles. The van der Waals surface area contributed by atoms with Gasteiger partial charge < -0.3 is 0 Å². The molecule has 0 amide bonds. The second kappa shape index (κ2) is 8.69. The molecule has 0 radical (unpaired) electrons. The van der Waals surface area contributed by atoms with Gasteiger partial charge in [0.1, 0.15) is 5.69 Å². The van der Waals surface area contributed by atoms with Gasteiger partial charge in [-0.05, 0) is 112 Å². The summed E-state index contributed by atoms with van der Waals surface area (Å²) in [4.78, 5) is 18.2. The number of hydrogen-bond donors (Lipinski definition) is 1. The van der Waals surface area contributed by atoms with E-state index < -0.39 is 0 Å². The van der Waals surface area contributed by atoms with Gasteiger partial charge >= 0.3 is 0 Å². The third-order valence-electron chi connectivity index (χ3n) is 9.47. The third-order valence-corrected chi connectivity index (χ3v) is 9.47. The van der Waals surface area contributed by atoms with Gasteiger partial charge in [-0.2, -0.15) is 5.10 Å². The molecule has 0 unspecified atom stereocenters. The Kier molecular flexibility index (Phi) is 5.36. The summed E-state index contributed by atoms with van der Waals surface area (Å²) >= 11 is 0. The Morgan fingerprint density at radius 3 is 2.16 bits per heavy atom. The molecule has 0 spiro atoms. The van der Waals surface area contributed by atoms with Crippen molar-refractivity contribution in [2.75, 3.05) is 0 Å². The van der Waals surface area contributed by atoms with Crippen molar-refractivity contribution in [3.05, 3.63) is 93.2 Å². The number of rotatable bonds is 5. The van der Waals surface area contributed by atoms with Crippen molar-refractivity contribution in [3.63, 3.8) is 0 Å². The highest BCUT2D eigenvalue weighted by Crippen LogP contribution is 2.60. The minimum atomic E-state index is -0.0837. The Bertz CT molecular complexity index is 1550. The lowest BCUT2D eigenvalue weighted by Gasteiger charge is -2.57. The highest BCUT2D eigenvalue weighted by Gasteiger charge is 2.51. The van der Waals surface area contributed by atoms with E-state index in [0.717, 1.165) is 51.9 Å². The molecular weight excluding hydrogens is 470 g/mol. The van der Waals surface area contributed by atoms with E-state index in [1.807, 2.05) is 55.8 Å². The molecular formula is C32H35N5O. The molecule has 4 aliphatic rings. The van der Waals surface area contributed by atoms with E-state index in [-0.39, 0.29) is 5.56 Å². The monoisotopic (exact) mass is 505 g/mol. The number of hydrogen-bond acceptors (Lipinski definition) is 3. The van der Waals surface area contributed by atoms with E-state index in [0.29, 0.717) is 11.0 Å². The normalized spacial score (nSPS) is 26.0. The average molecular weight is 506 g/mol. The number of aryl methyl sites for hydroxylation is 2. The number of aliphatic imine (C=N–C) groups is 1. The topological polar surface area (TPSA) is 68.0 Å². The zero-order chi connectivity index (χ0) is 26.0. The Morgan fingerprint density at radius 1 is 0.895 bits per heavy atom. The molecule has 0 atom stereocenters. The summed E-state index contributed by atoms with van der Waals surface area (Å²) in [6, 6.07) is 18.8. The lowest BCUT2D eigenvalue weighted by atomic mass is 9.48. The highest BCUT2D eigenvalue weighted by atomic mass is 16.1. The molecule has 0 aliphatic heterocycles. The summed E-state index contributed by atoms with van der Waals surface area (Å²) in [5, 5.41) is 7.95. The van der Waals surface area contributed by atoms with Crippen molar-refractivity contribution in [2.45, 2.75) is 64.7 Å². The molecule has 2 aromatic heterocycles. The van der Waals surface area contributed by atoms with Gasteiger partial charge in [0, 0.05) is 11.9 Å². The quantitative estimate of drug-likeness (QED) is 0.315. The standard InChI is InChI=1S/C32H35N5O/c1-20-29(19-33-30-21(2)35-36(22(30)3)27-7-5-4-6-8-27)31(38)37(34-20)28-11-9-26(10-12-28)32-16-23-13-24(17-32)15-25(14-23)18-32/h4-12,19,23-25,34H,13-18H2,1-3H3. The molecule has 1 N–H and O–H groups in total. The lowest BCUT2D eigenvalue weighted by molar-refractivity contribution is -0.00518. The van der Waals surface area contributed by atoms with Crippen molar-refractivity contribution in [3.8, 4) is 11.4 Å². The molecule has 4 bridgehead atoms. The zero-order valence-electron chi connectivity index (χ0n) is 22.4. The van der Waals surface area contributed by atoms with E-state index in [9.17, 15) is 4.79 Å². The molecule has 0 saturated heterocycles. The van der Waals surface area contributed by atoms with Crippen LogP contribution in [0, 0.1) is 38.5 Å². The van der Waals surface area contributed by atoms with Crippen molar-refractivity contribution < 1.29 is 0 Å². The van der Waals surface area contributed by atoms with Gasteiger partial charge in [0.15, 0.2) is 0 Å². The number of H-pyrrole nitrogens is 1. The maximum atomic E-state index is 13.4. The molecule has 4 aliphatic carbocycles. The number of benzene rings is 2. The first-order valence-corrected chi connectivity index (χ1v) is 14.0. The van der Waals surface area contributed by atoms with Crippen LogP contribution in [0.2, 0.25) is 0 Å². The molecule has 8 rings (SSSR count). The second-order valence-corrected chi connectivity index (χ2v) is 12.1. The van der Waals surface area contributed by atoms with Crippen molar-refractivity contribution in [2.24, 2.45) is 22.7 Å². The minimum absolute atomic E-state index is 0.0837. The smallest absolute Gasteiger partial charge is 0.280 e. The van der Waals surface area contributed by atoms with Crippen LogP contribution in [0.15, 0.2) is 64.4 Å². The van der Waals surface area contributed by atoms with Gasteiger partial charge in [0.25, 0.3) is 5.56 Å². The average Bonchev–Trinajstić information content (AvgIpc) is 3.36. The Balaban J connectivity index is 1.17. The van der Waals surface area contributed by atoms with Gasteiger partial charge in [-0.1, -0.05) is 30.3 Å². The molecule has 6 heteroatoms. The van der Waals surface area contributed by atoms with Crippen LogP contribution in [0.4, 0.5) is 5.69 Å². The number of aromatic nitrogens is 4. The highest BCUT2D eigenvalue weighted by molar-refractivity contribution is 5.83. The first kappa shape index (κ1) is 23.4. The third kappa shape index (κ3) is 3.72. The first-order chi connectivity index (χ1) is 18.4. The maximum absolute atomic E-state index is 13.4. The van der Waals surface area contributed by atoms with Crippen LogP contribution in [0.5, 0.6) is 0 Å². The first-order valence-electron chi connectivity index (χ1n) is 14.0. The Morgan fingerprint density at radius 2 is 1.53 bits per heavy atom. The second-order valence-electron chi connectivity index (χ2n) is 12.1. The minimum Gasteiger partial charge on any atom is -0.295 e. The van der Waals surface area contributed by atoms with Crippen LogP contribution in [0.3, 0.4) is 0 Å². The van der Waals surface area contributed by atoms with Crippen LogP contribution in [0.1, 0.15) is 66.7 Å². The fraction of sp³-hybridized carbons (Fsp3) is 0.406. The van der Waals surface area contributed by atoms with Crippen molar-refractivity contribution in [1.82, 2.24) is 19.6 Å². The van der Waals surface area contributed by atoms with Crippen LogP contribution in [0.25, 0.3) is 11.4 Å². The van der Waals surface area contributed by atoms with Gasteiger partial charge in [-0.15, -0.1) is 0 Å². The molecule has 4 fully saturated rings. The van der Waals surface area contributed by atoms with Crippen molar-refractivity contribution >= 4 is 11.9 Å². The van der Waals surface area contributed by atoms with Crippen LogP contribution < -0.4 is 5.56 Å². The van der Waals surface area contributed by atoms with Crippen LogP contribution in [-0.2, 0) is 5.41 Å². The fourth-order valence-corrected chi connectivity index (χ4v) is 8.09. The Labute approximate surface area is 223 Å². The molecule has 6 nitrogen and oxygen atoms in total. The molecule has 2 aromatic carbocycles. The fourth-order valence-electron chi connectivity index (χ4n) is 8.09. The van der Waals surface area contributed by atoms with Crippen LogP contribution in [-0.4, -0.2) is 25.8 Å². The van der Waals surface area contributed by atoms with Gasteiger partial charge in [0.2, 0.25) is 0 Å². The molecule has 38 heavy (non-hydrogen) atoms. The number of nitrogens with one attached hydrogen (secondary N) is 1. The van der Waals surface area contributed by atoms with Crippen LogP contribution >= 0.6 is 0 Å². The van der Waals surface area contributed by atoms with Gasteiger partial charge in [-0.3, -0.25) is 14.9 Å². The summed E-state index contributed by atoms with van der Waals surface area (Å²) in [5.74, 6) is 2.76.